The maximum Gasteiger partial charge on any atom is 0.229 e. The van der Waals surface area contributed by atoms with Gasteiger partial charge in [-0.15, -0.1) is 0 Å². The number of fused-ring (bicyclic) bond motifs is 1. The molecular weight excluding hydrogens is 622 g/mol. The van der Waals surface area contributed by atoms with Gasteiger partial charge in [0.1, 0.15) is 41.7 Å². The van der Waals surface area contributed by atoms with Crippen molar-refractivity contribution in [3.63, 3.8) is 0 Å². The van der Waals surface area contributed by atoms with Crippen LogP contribution in [0.25, 0.3) is 16.6 Å². The van der Waals surface area contributed by atoms with Gasteiger partial charge in [-0.1, -0.05) is 23.7 Å². The molecule has 0 bridgehead atoms. The molecule has 0 spiro atoms. The highest BCUT2D eigenvalue weighted by molar-refractivity contribution is 9.10. The zero-order chi connectivity index (χ0) is 29.4. The van der Waals surface area contributed by atoms with Crippen molar-refractivity contribution in [3.05, 3.63) is 81.4 Å². The summed E-state index contributed by atoms with van der Waals surface area (Å²) in [5, 5.41) is 41.3. The summed E-state index contributed by atoms with van der Waals surface area (Å²) in [5.74, 6) is 0.750. The van der Waals surface area contributed by atoms with E-state index >= 15 is 0 Å². The van der Waals surface area contributed by atoms with Gasteiger partial charge < -0.3 is 43.9 Å². The number of halogens is 2. The summed E-state index contributed by atoms with van der Waals surface area (Å²) in [4.78, 5) is 13.9. The van der Waals surface area contributed by atoms with Gasteiger partial charge in [0.2, 0.25) is 6.29 Å². The number of carbonyl (C=O) groups excluding carboxylic acids is 1. The summed E-state index contributed by atoms with van der Waals surface area (Å²) in [6, 6.07) is 15.4. The maximum absolute atomic E-state index is 13.9. The molecule has 5 atom stereocenters. The highest BCUT2D eigenvalue weighted by Gasteiger charge is 2.45. The number of hydrogen-bond acceptors (Lipinski definition) is 9. The Morgan fingerprint density at radius 1 is 0.976 bits per heavy atom. The molecule has 0 radical (unpaired) electrons. The molecule has 0 amide bonds. The Balaban J connectivity index is 1.62. The lowest BCUT2D eigenvalue weighted by atomic mass is 9.99. The fourth-order valence-electron chi connectivity index (χ4n) is 4.81. The smallest absolute Gasteiger partial charge is 0.229 e. The Morgan fingerprint density at radius 2 is 1.73 bits per heavy atom. The van der Waals surface area contributed by atoms with E-state index in [0.717, 1.165) is 0 Å². The van der Waals surface area contributed by atoms with Crippen LogP contribution in [0.1, 0.15) is 15.9 Å². The fourth-order valence-corrected chi connectivity index (χ4v) is 5.40. The topological polar surface area (TPSA) is 140 Å². The number of aromatic nitrogens is 1. The monoisotopic (exact) mass is 647 g/mol. The Hall–Kier alpha value is -3.16. The van der Waals surface area contributed by atoms with Crippen LogP contribution in [0.5, 0.6) is 17.2 Å². The molecule has 5 rings (SSSR count). The van der Waals surface area contributed by atoms with Crippen molar-refractivity contribution < 1.29 is 44.2 Å². The minimum atomic E-state index is -1.63. The number of hydrogen-bond donors (Lipinski definition) is 4. The first-order valence-electron chi connectivity index (χ1n) is 12.5. The fraction of sp³-hybridized carbons (Fsp3) is 0.276. The molecule has 4 aromatic rings. The molecule has 1 aliphatic heterocycles. The van der Waals surface area contributed by atoms with Crippen LogP contribution in [0.15, 0.2) is 65.3 Å². The lowest BCUT2D eigenvalue weighted by Crippen LogP contribution is -2.60. The zero-order valence-corrected chi connectivity index (χ0v) is 24.2. The van der Waals surface area contributed by atoms with E-state index in [4.69, 9.17) is 30.5 Å². The van der Waals surface area contributed by atoms with Crippen LogP contribution in [0.2, 0.25) is 5.02 Å². The molecule has 1 aliphatic rings. The number of nitrogens with zero attached hydrogens (tertiary/aromatic N) is 1. The van der Waals surface area contributed by atoms with E-state index in [9.17, 15) is 25.2 Å². The van der Waals surface area contributed by atoms with Gasteiger partial charge in [0.15, 0.2) is 5.78 Å². The first-order valence-corrected chi connectivity index (χ1v) is 13.7. The van der Waals surface area contributed by atoms with Crippen molar-refractivity contribution in [3.8, 4) is 22.9 Å². The summed E-state index contributed by atoms with van der Waals surface area (Å²) >= 11 is 10.1. The number of rotatable bonds is 8. The lowest BCUT2D eigenvalue weighted by Gasteiger charge is -2.39. The molecule has 3 aromatic carbocycles. The molecule has 0 unspecified atom stereocenters. The molecule has 4 N–H and O–H groups in total. The van der Waals surface area contributed by atoms with E-state index in [1.165, 1.54) is 14.2 Å². The number of aliphatic hydroxyl groups is 4. The molecule has 1 aromatic heterocycles. The number of ketones is 1. The lowest BCUT2D eigenvalue weighted by molar-refractivity contribution is -0.277. The van der Waals surface area contributed by atoms with Crippen molar-refractivity contribution in [2.75, 3.05) is 20.8 Å². The number of ether oxygens (including phenoxy) is 4. The van der Waals surface area contributed by atoms with E-state index in [0.29, 0.717) is 48.7 Å². The van der Waals surface area contributed by atoms with Gasteiger partial charge >= 0.3 is 0 Å². The third-order valence-corrected chi connectivity index (χ3v) is 8.26. The maximum atomic E-state index is 13.9. The molecule has 10 nitrogen and oxygen atoms in total. The van der Waals surface area contributed by atoms with Gasteiger partial charge in [0.25, 0.3) is 0 Å². The van der Waals surface area contributed by atoms with Crippen molar-refractivity contribution in [1.29, 1.82) is 0 Å². The molecule has 1 saturated heterocycles. The third kappa shape index (κ3) is 5.30. The molecule has 216 valence electrons. The number of methoxy groups -OCH3 is 2. The van der Waals surface area contributed by atoms with Crippen molar-refractivity contribution in [2.45, 2.75) is 30.7 Å². The van der Waals surface area contributed by atoms with E-state index in [1.807, 2.05) is 0 Å². The number of benzene rings is 3. The molecule has 1 fully saturated rings. The second kappa shape index (κ2) is 12.0. The average molecular weight is 649 g/mol. The molecule has 2 heterocycles. The summed E-state index contributed by atoms with van der Waals surface area (Å²) in [5.41, 5.74) is 1.75. The SMILES string of the molecule is COc1ccc(C(=O)c2ccccc2-n2cc(O[C@H]3O[C@H](CO)[C@H](O)[C@H](O)[C@H]3O)c3c(Cl)c(Br)ccc32)c(OC)c1. The molecule has 0 aliphatic carbocycles. The molecule has 0 saturated carbocycles. The minimum Gasteiger partial charge on any atom is -0.497 e. The quantitative estimate of drug-likeness (QED) is 0.212. The second-order valence-corrected chi connectivity index (χ2v) is 10.6. The van der Waals surface area contributed by atoms with Crippen LogP contribution in [0.3, 0.4) is 0 Å². The minimum absolute atomic E-state index is 0.167. The Labute approximate surface area is 248 Å². The largest absolute Gasteiger partial charge is 0.497 e. The van der Waals surface area contributed by atoms with Gasteiger partial charge in [0.05, 0.1) is 54.2 Å². The van der Waals surface area contributed by atoms with E-state index < -0.39 is 37.3 Å². The Morgan fingerprint density at radius 3 is 2.44 bits per heavy atom. The van der Waals surface area contributed by atoms with Gasteiger partial charge in [-0.2, -0.15) is 0 Å². The predicted octanol–water partition coefficient (Wildman–Crippen LogP) is 3.47. The normalized spacial score (nSPS) is 22.5. The number of para-hydroxylation sites is 1. The van der Waals surface area contributed by atoms with Crippen LogP contribution in [-0.4, -0.2) is 82.3 Å². The van der Waals surface area contributed by atoms with Gasteiger partial charge in [-0.25, -0.2) is 0 Å². The van der Waals surface area contributed by atoms with Crippen molar-refractivity contribution in [2.24, 2.45) is 0 Å². The summed E-state index contributed by atoms with van der Waals surface area (Å²) < 4.78 is 24.6. The first kappa shape index (κ1) is 29.3. The van der Waals surface area contributed by atoms with Crippen molar-refractivity contribution >= 4 is 44.2 Å². The van der Waals surface area contributed by atoms with Gasteiger partial charge in [-0.05, 0) is 52.3 Å². The van der Waals surface area contributed by atoms with E-state index in [1.54, 1.807) is 65.4 Å². The number of carbonyl (C=O) groups is 1. The van der Waals surface area contributed by atoms with Crippen LogP contribution in [0.4, 0.5) is 0 Å². The van der Waals surface area contributed by atoms with Crippen LogP contribution in [-0.2, 0) is 4.74 Å². The molecular formula is C29H27BrClNO9. The van der Waals surface area contributed by atoms with Crippen molar-refractivity contribution in [1.82, 2.24) is 4.57 Å². The average Bonchev–Trinajstić information content (AvgIpc) is 3.36. The van der Waals surface area contributed by atoms with E-state index in [-0.39, 0.29) is 11.5 Å². The number of aliphatic hydroxyl groups excluding tert-OH is 4. The highest BCUT2D eigenvalue weighted by Crippen LogP contribution is 2.41. The highest BCUT2D eigenvalue weighted by atomic mass is 79.9. The summed E-state index contributed by atoms with van der Waals surface area (Å²) in [6.45, 7) is -0.608. The third-order valence-electron chi connectivity index (χ3n) is 6.98. The summed E-state index contributed by atoms with van der Waals surface area (Å²) in [6.07, 6.45) is -5.82. The zero-order valence-electron chi connectivity index (χ0n) is 21.9. The molecule has 41 heavy (non-hydrogen) atoms. The Kier molecular flexibility index (Phi) is 8.57. The van der Waals surface area contributed by atoms with Crippen LogP contribution in [0, 0.1) is 0 Å². The van der Waals surface area contributed by atoms with E-state index in [2.05, 4.69) is 15.9 Å². The first-order chi connectivity index (χ1) is 19.7. The Bertz CT molecular complexity index is 1590. The summed E-state index contributed by atoms with van der Waals surface area (Å²) in [7, 11) is 3.00. The van der Waals surface area contributed by atoms with Gasteiger partial charge in [0, 0.05) is 16.1 Å². The van der Waals surface area contributed by atoms with Gasteiger partial charge in [-0.3, -0.25) is 4.79 Å². The second-order valence-electron chi connectivity index (χ2n) is 9.35. The van der Waals surface area contributed by atoms with Crippen LogP contribution >= 0.6 is 27.5 Å². The predicted molar refractivity (Wildman–Crippen MR) is 153 cm³/mol. The van der Waals surface area contributed by atoms with Crippen LogP contribution < -0.4 is 14.2 Å². The standard InChI is InChI=1S/C29H27BrClNO9/c1-38-14-7-8-16(20(11-14)39-2)25(34)15-5-3-4-6-18(15)32-12-21(23-19(32)10-9-17(30)24(23)31)40-29-28(37)27(36)26(35)22(13-33)41-29/h3-12,22,26-29,33,35-37H,13H2,1-2H3/t22-,26+,27+,28-,29+/m1/s1. The molecule has 12 heteroatoms.